The number of nitrogens with zero attached hydrogens (tertiary/aromatic N) is 1. The molecule has 1 aromatic carbocycles. The Hall–Kier alpha value is -0.940. The van der Waals surface area contributed by atoms with Gasteiger partial charge in [0.1, 0.15) is 10.8 Å². The molecule has 1 rings (SSSR count). The molecule has 0 aliphatic rings. The summed E-state index contributed by atoms with van der Waals surface area (Å²) >= 11 is 7.49. The Bertz CT molecular complexity index is 373. The Morgan fingerprint density at radius 3 is 2.88 bits per heavy atom. The van der Waals surface area contributed by atoms with Crippen LogP contribution >= 0.6 is 23.4 Å². The third-order valence-electron chi connectivity index (χ3n) is 1.88. The SMILES string of the molecule is CSCCCOc1ccc([N+](=O)[O-])c(Cl)c1. The van der Waals surface area contributed by atoms with Crippen LogP contribution in [0.5, 0.6) is 5.75 Å². The molecule has 0 fully saturated rings. The molecule has 0 aromatic heterocycles. The van der Waals surface area contributed by atoms with Crippen molar-refractivity contribution in [1.82, 2.24) is 0 Å². The first kappa shape index (κ1) is 13.1. The maximum absolute atomic E-state index is 10.5. The van der Waals surface area contributed by atoms with Crippen molar-refractivity contribution in [3.05, 3.63) is 33.3 Å². The first-order chi connectivity index (χ1) is 7.65. The van der Waals surface area contributed by atoms with Crippen molar-refractivity contribution < 1.29 is 9.66 Å². The van der Waals surface area contributed by atoms with Crippen molar-refractivity contribution in [1.29, 1.82) is 0 Å². The quantitative estimate of drug-likeness (QED) is 0.447. The average Bonchev–Trinajstić information content (AvgIpc) is 2.24. The lowest BCUT2D eigenvalue weighted by Crippen LogP contribution is -1.99. The molecule has 0 spiro atoms. The fraction of sp³-hybridized carbons (Fsp3) is 0.400. The normalized spacial score (nSPS) is 10.1. The van der Waals surface area contributed by atoms with Gasteiger partial charge in [0, 0.05) is 12.1 Å². The zero-order valence-electron chi connectivity index (χ0n) is 8.81. The van der Waals surface area contributed by atoms with Gasteiger partial charge in [0.2, 0.25) is 0 Å². The standard InChI is InChI=1S/C10H12ClNO3S/c1-16-6-2-5-15-8-3-4-10(12(13)14)9(11)7-8/h3-4,7H,2,5-6H2,1H3. The van der Waals surface area contributed by atoms with Crippen LogP contribution in [-0.4, -0.2) is 23.5 Å². The number of ether oxygens (including phenoxy) is 1. The van der Waals surface area contributed by atoms with Crippen LogP contribution in [-0.2, 0) is 0 Å². The van der Waals surface area contributed by atoms with Gasteiger partial charge in [-0.15, -0.1) is 0 Å². The van der Waals surface area contributed by atoms with E-state index in [0.717, 1.165) is 12.2 Å². The lowest BCUT2D eigenvalue weighted by molar-refractivity contribution is -0.384. The summed E-state index contributed by atoms with van der Waals surface area (Å²) in [5.41, 5.74) is -0.0990. The van der Waals surface area contributed by atoms with Crippen molar-refractivity contribution in [2.24, 2.45) is 0 Å². The summed E-state index contributed by atoms with van der Waals surface area (Å²) in [5, 5.41) is 10.6. The van der Waals surface area contributed by atoms with E-state index in [0.29, 0.717) is 12.4 Å². The second-order valence-corrected chi connectivity index (χ2v) is 4.46. The van der Waals surface area contributed by atoms with Gasteiger partial charge in [0.05, 0.1) is 11.5 Å². The van der Waals surface area contributed by atoms with E-state index < -0.39 is 4.92 Å². The number of hydrogen-bond acceptors (Lipinski definition) is 4. The van der Waals surface area contributed by atoms with Crippen LogP contribution in [0, 0.1) is 10.1 Å². The summed E-state index contributed by atoms with van der Waals surface area (Å²) in [7, 11) is 0. The Morgan fingerprint density at radius 2 is 2.31 bits per heavy atom. The molecule has 0 aliphatic carbocycles. The van der Waals surface area contributed by atoms with Gasteiger partial charge in [-0.05, 0) is 24.5 Å². The van der Waals surface area contributed by atoms with E-state index in [9.17, 15) is 10.1 Å². The van der Waals surface area contributed by atoms with Crippen molar-refractivity contribution in [2.75, 3.05) is 18.6 Å². The molecule has 6 heteroatoms. The average molecular weight is 262 g/mol. The third-order valence-corrected chi connectivity index (χ3v) is 2.88. The monoisotopic (exact) mass is 261 g/mol. The van der Waals surface area contributed by atoms with Gasteiger partial charge in [-0.1, -0.05) is 11.6 Å². The van der Waals surface area contributed by atoms with Crippen LogP contribution in [0.25, 0.3) is 0 Å². The molecule has 1 aromatic rings. The number of nitro groups is 1. The van der Waals surface area contributed by atoms with E-state index in [1.54, 1.807) is 17.8 Å². The van der Waals surface area contributed by atoms with Gasteiger partial charge in [-0.2, -0.15) is 11.8 Å². The van der Waals surface area contributed by atoms with Crippen LogP contribution in [0.4, 0.5) is 5.69 Å². The molecule has 16 heavy (non-hydrogen) atoms. The van der Waals surface area contributed by atoms with Crippen LogP contribution in [0.15, 0.2) is 18.2 Å². The minimum Gasteiger partial charge on any atom is -0.494 e. The summed E-state index contributed by atoms with van der Waals surface area (Å²) < 4.78 is 5.40. The fourth-order valence-electron chi connectivity index (χ4n) is 1.12. The second-order valence-electron chi connectivity index (χ2n) is 3.07. The second kappa shape index (κ2) is 6.60. The van der Waals surface area contributed by atoms with Gasteiger partial charge in [-0.25, -0.2) is 0 Å². The minimum absolute atomic E-state index is 0.0990. The molecule has 0 atom stereocenters. The van der Waals surface area contributed by atoms with Gasteiger partial charge in [-0.3, -0.25) is 10.1 Å². The van der Waals surface area contributed by atoms with E-state index in [-0.39, 0.29) is 10.7 Å². The highest BCUT2D eigenvalue weighted by molar-refractivity contribution is 7.98. The summed E-state index contributed by atoms with van der Waals surface area (Å²) in [6.45, 7) is 0.592. The van der Waals surface area contributed by atoms with Crippen molar-refractivity contribution >= 4 is 29.1 Å². The molecule has 0 saturated heterocycles. The van der Waals surface area contributed by atoms with Crippen molar-refractivity contribution in [2.45, 2.75) is 6.42 Å². The summed E-state index contributed by atoms with van der Waals surface area (Å²) in [5.74, 6) is 1.59. The minimum atomic E-state index is -0.514. The van der Waals surface area contributed by atoms with E-state index in [1.807, 2.05) is 6.26 Å². The van der Waals surface area contributed by atoms with E-state index >= 15 is 0 Å². The summed E-state index contributed by atoms with van der Waals surface area (Å²) in [6, 6.07) is 4.38. The highest BCUT2D eigenvalue weighted by Gasteiger charge is 2.12. The van der Waals surface area contributed by atoms with Gasteiger partial charge in [0.15, 0.2) is 0 Å². The summed E-state index contributed by atoms with van der Waals surface area (Å²) in [6.07, 6.45) is 2.97. The van der Waals surface area contributed by atoms with Gasteiger partial charge in [0.25, 0.3) is 5.69 Å². The van der Waals surface area contributed by atoms with E-state index in [2.05, 4.69) is 0 Å². The largest absolute Gasteiger partial charge is 0.494 e. The first-order valence-corrected chi connectivity index (χ1v) is 6.48. The molecule has 0 saturated carbocycles. The van der Waals surface area contributed by atoms with Crippen LogP contribution in [0.2, 0.25) is 5.02 Å². The molecule has 0 radical (unpaired) electrons. The molecule has 0 unspecified atom stereocenters. The Kier molecular flexibility index (Phi) is 5.42. The molecule has 0 aliphatic heterocycles. The zero-order valence-corrected chi connectivity index (χ0v) is 10.4. The predicted octanol–water partition coefficient (Wildman–Crippen LogP) is 3.38. The first-order valence-electron chi connectivity index (χ1n) is 4.71. The molecule has 88 valence electrons. The molecule has 0 heterocycles. The van der Waals surface area contributed by atoms with Crippen LogP contribution < -0.4 is 4.74 Å². The Labute approximate surface area is 103 Å². The number of hydrogen-bond donors (Lipinski definition) is 0. The zero-order chi connectivity index (χ0) is 12.0. The lowest BCUT2D eigenvalue weighted by atomic mass is 10.3. The van der Waals surface area contributed by atoms with Gasteiger partial charge >= 0.3 is 0 Å². The van der Waals surface area contributed by atoms with Crippen LogP contribution in [0.1, 0.15) is 6.42 Å². The molecule has 0 N–H and O–H groups in total. The van der Waals surface area contributed by atoms with Crippen LogP contribution in [0.3, 0.4) is 0 Å². The van der Waals surface area contributed by atoms with Crippen molar-refractivity contribution in [3.63, 3.8) is 0 Å². The number of nitro benzene ring substituents is 1. The number of rotatable bonds is 6. The highest BCUT2D eigenvalue weighted by atomic mass is 35.5. The maximum atomic E-state index is 10.5. The van der Waals surface area contributed by atoms with Crippen molar-refractivity contribution in [3.8, 4) is 5.75 Å². The Balaban J connectivity index is 2.56. The molecular weight excluding hydrogens is 250 g/mol. The molecule has 4 nitrogen and oxygen atoms in total. The predicted molar refractivity (Wildman–Crippen MR) is 66.6 cm³/mol. The third kappa shape index (κ3) is 3.90. The topological polar surface area (TPSA) is 52.4 Å². The molecular formula is C10H12ClNO3S. The maximum Gasteiger partial charge on any atom is 0.288 e. The summed E-state index contributed by atoms with van der Waals surface area (Å²) in [4.78, 5) is 10.00. The molecule has 0 bridgehead atoms. The van der Waals surface area contributed by atoms with Gasteiger partial charge < -0.3 is 4.74 Å². The van der Waals surface area contributed by atoms with E-state index in [4.69, 9.17) is 16.3 Å². The Morgan fingerprint density at radius 1 is 1.56 bits per heavy atom. The smallest absolute Gasteiger partial charge is 0.288 e. The number of halogens is 1. The fourth-order valence-corrected chi connectivity index (χ4v) is 1.76. The lowest BCUT2D eigenvalue weighted by Gasteiger charge is -2.05. The highest BCUT2D eigenvalue weighted by Crippen LogP contribution is 2.28. The molecule has 0 amide bonds. The number of thioether (sulfide) groups is 1. The van der Waals surface area contributed by atoms with E-state index in [1.165, 1.54) is 12.1 Å². The number of benzene rings is 1.